The Morgan fingerprint density at radius 1 is 1.43 bits per heavy atom. The molecular weight excluding hydrogens is 295 g/mol. The van der Waals surface area contributed by atoms with Crippen LogP contribution in [0.25, 0.3) is 0 Å². The smallest absolute Gasteiger partial charge is 0.242 e. The Kier molecular flexibility index (Phi) is 6.78. The number of hydrogen-bond acceptors (Lipinski definition) is 4. The Labute approximate surface area is 124 Å². The standard InChI is InChI=1S/C14H19FN2O3S/c1-3-20-10-9-17(2)21(18,19)13-7-6-12(5-4-8-16)14(15)11-13/h6-7,11H,3,8-10,16H2,1-2H3. The fourth-order valence-corrected chi connectivity index (χ4v) is 2.71. The predicted octanol–water partition coefficient (Wildman–Crippen LogP) is 0.793. The number of benzene rings is 1. The number of rotatable bonds is 6. The first-order valence-corrected chi connectivity index (χ1v) is 7.90. The minimum atomic E-state index is -3.74. The van der Waals surface area contributed by atoms with Crippen molar-refractivity contribution in [2.45, 2.75) is 11.8 Å². The summed E-state index contributed by atoms with van der Waals surface area (Å²) in [6, 6.07) is 3.63. The van der Waals surface area contributed by atoms with Gasteiger partial charge >= 0.3 is 0 Å². The van der Waals surface area contributed by atoms with Gasteiger partial charge in [0.2, 0.25) is 10.0 Å². The fraction of sp³-hybridized carbons (Fsp3) is 0.429. The van der Waals surface area contributed by atoms with E-state index in [1.54, 1.807) is 0 Å². The highest BCUT2D eigenvalue weighted by Crippen LogP contribution is 2.17. The summed E-state index contributed by atoms with van der Waals surface area (Å²) < 4.78 is 44.6. The molecule has 0 aliphatic heterocycles. The second-order valence-corrected chi connectivity index (χ2v) is 6.22. The average Bonchev–Trinajstić information content (AvgIpc) is 2.46. The second-order valence-electron chi connectivity index (χ2n) is 4.17. The number of nitrogens with zero attached hydrogens (tertiary/aromatic N) is 1. The third-order valence-corrected chi connectivity index (χ3v) is 4.58. The molecule has 0 radical (unpaired) electrons. The van der Waals surface area contributed by atoms with Gasteiger partial charge in [0, 0.05) is 20.2 Å². The van der Waals surface area contributed by atoms with Gasteiger partial charge in [-0.15, -0.1) is 0 Å². The first-order chi connectivity index (χ1) is 9.93. The maximum Gasteiger partial charge on any atom is 0.242 e. The van der Waals surface area contributed by atoms with E-state index in [0.717, 1.165) is 10.4 Å². The van der Waals surface area contributed by atoms with Crippen molar-refractivity contribution < 1.29 is 17.5 Å². The third kappa shape index (κ3) is 4.79. The highest BCUT2D eigenvalue weighted by molar-refractivity contribution is 7.89. The van der Waals surface area contributed by atoms with Crippen molar-refractivity contribution in [2.75, 3.05) is 33.4 Å². The van der Waals surface area contributed by atoms with Crippen molar-refractivity contribution in [1.82, 2.24) is 4.31 Å². The summed E-state index contributed by atoms with van der Waals surface area (Å²) in [5, 5.41) is 0. The summed E-state index contributed by atoms with van der Waals surface area (Å²) in [6.07, 6.45) is 0. The third-order valence-electron chi connectivity index (χ3n) is 2.73. The van der Waals surface area contributed by atoms with Gasteiger partial charge in [-0.3, -0.25) is 0 Å². The van der Waals surface area contributed by atoms with Crippen LogP contribution in [0.1, 0.15) is 12.5 Å². The van der Waals surface area contributed by atoms with Crippen LogP contribution in [-0.4, -0.2) is 46.1 Å². The van der Waals surface area contributed by atoms with Crippen LogP contribution in [-0.2, 0) is 14.8 Å². The molecule has 0 unspecified atom stereocenters. The van der Waals surface area contributed by atoms with Crippen LogP contribution in [0.3, 0.4) is 0 Å². The zero-order valence-electron chi connectivity index (χ0n) is 12.1. The predicted molar refractivity (Wildman–Crippen MR) is 78.6 cm³/mol. The van der Waals surface area contributed by atoms with Crippen LogP contribution in [0.5, 0.6) is 0 Å². The van der Waals surface area contributed by atoms with E-state index in [4.69, 9.17) is 10.5 Å². The molecule has 0 atom stereocenters. The lowest BCUT2D eigenvalue weighted by Crippen LogP contribution is -2.30. The summed E-state index contributed by atoms with van der Waals surface area (Å²) in [6.45, 7) is 2.93. The van der Waals surface area contributed by atoms with Gasteiger partial charge in [0.1, 0.15) is 5.82 Å². The Hall–Kier alpha value is -1.46. The van der Waals surface area contributed by atoms with Crippen LogP contribution in [0.15, 0.2) is 23.1 Å². The van der Waals surface area contributed by atoms with E-state index in [1.165, 1.54) is 19.2 Å². The molecule has 0 amide bonds. The maximum absolute atomic E-state index is 13.8. The quantitative estimate of drug-likeness (QED) is 0.622. The summed E-state index contributed by atoms with van der Waals surface area (Å²) in [4.78, 5) is -0.114. The van der Waals surface area contributed by atoms with E-state index >= 15 is 0 Å². The SMILES string of the molecule is CCOCCN(C)S(=O)(=O)c1ccc(C#CCN)c(F)c1. The fourth-order valence-electron chi connectivity index (χ4n) is 1.54. The molecule has 0 saturated heterocycles. The molecule has 0 aliphatic carbocycles. The lowest BCUT2D eigenvalue weighted by molar-refractivity contribution is 0.138. The average molecular weight is 314 g/mol. The van der Waals surface area contributed by atoms with Crippen molar-refractivity contribution in [3.8, 4) is 11.8 Å². The minimum Gasteiger partial charge on any atom is -0.380 e. The van der Waals surface area contributed by atoms with E-state index in [2.05, 4.69) is 11.8 Å². The van der Waals surface area contributed by atoms with Crippen molar-refractivity contribution in [2.24, 2.45) is 5.73 Å². The van der Waals surface area contributed by atoms with Gasteiger partial charge in [0.15, 0.2) is 0 Å². The molecule has 116 valence electrons. The van der Waals surface area contributed by atoms with Gasteiger partial charge in [-0.2, -0.15) is 4.31 Å². The van der Waals surface area contributed by atoms with E-state index in [-0.39, 0.29) is 30.2 Å². The maximum atomic E-state index is 13.8. The van der Waals surface area contributed by atoms with Gasteiger partial charge in [-0.1, -0.05) is 11.8 Å². The van der Waals surface area contributed by atoms with E-state index in [1.807, 2.05) is 6.92 Å². The summed E-state index contributed by atoms with van der Waals surface area (Å²) in [5.41, 5.74) is 5.33. The number of halogens is 1. The van der Waals surface area contributed by atoms with Crippen molar-refractivity contribution in [1.29, 1.82) is 0 Å². The highest BCUT2D eigenvalue weighted by Gasteiger charge is 2.21. The minimum absolute atomic E-state index is 0.111. The Morgan fingerprint density at radius 2 is 2.14 bits per heavy atom. The zero-order valence-corrected chi connectivity index (χ0v) is 12.9. The monoisotopic (exact) mass is 314 g/mol. The van der Waals surface area contributed by atoms with Crippen LogP contribution in [0.4, 0.5) is 4.39 Å². The number of ether oxygens (including phenoxy) is 1. The topological polar surface area (TPSA) is 72.6 Å². The largest absolute Gasteiger partial charge is 0.380 e. The molecule has 1 aromatic rings. The number of nitrogens with two attached hydrogens (primary N) is 1. The molecule has 1 aromatic carbocycles. The summed E-state index contributed by atoms with van der Waals surface area (Å²) in [5.74, 6) is 4.38. The second kappa shape index (κ2) is 8.10. The summed E-state index contributed by atoms with van der Waals surface area (Å²) in [7, 11) is -2.31. The molecule has 5 nitrogen and oxygen atoms in total. The van der Waals surface area contributed by atoms with Crippen molar-refractivity contribution in [3.05, 3.63) is 29.6 Å². The lowest BCUT2D eigenvalue weighted by Gasteiger charge is -2.17. The Bertz CT molecular complexity index is 635. The van der Waals surface area contributed by atoms with Crippen molar-refractivity contribution in [3.63, 3.8) is 0 Å². The molecule has 0 fully saturated rings. The van der Waals surface area contributed by atoms with Gasteiger partial charge in [0.05, 0.1) is 23.6 Å². The lowest BCUT2D eigenvalue weighted by atomic mass is 10.2. The molecule has 2 N–H and O–H groups in total. The van der Waals surface area contributed by atoms with Gasteiger partial charge in [0.25, 0.3) is 0 Å². The van der Waals surface area contributed by atoms with Gasteiger partial charge in [-0.05, 0) is 25.1 Å². The van der Waals surface area contributed by atoms with Crippen LogP contribution in [0.2, 0.25) is 0 Å². The van der Waals surface area contributed by atoms with Gasteiger partial charge < -0.3 is 10.5 Å². The molecule has 1 rings (SSSR count). The molecule has 0 spiro atoms. The number of likely N-dealkylation sites (N-methyl/N-ethyl adjacent to an activating group) is 1. The Balaban J connectivity index is 2.96. The molecule has 0 aliphatic rings. The van der Waals surface area contributed by atoms with Crippen LogP contribution >= 0.6 is 0 Å². The van der Waals surface area contributed by atoms with E-state index in [9.17, 15) is 12.8 Å². The molecule has 0 heterocycles. The molecule has 0 aromatic heterocycles. The van der Waals surface area contributed by atoms with E-state index in [0.29, 0.717) is 6.61 Å². The normalized spacial score (nSPS) is 11.3. The summed E-state index contributed by atoms with van der Waals surface area (Å²) >= 11 is 0. The van der Waals surface area contributed by atoms with Crippen molar-refractivity contribution >= 4 is 10.0 Å². The number of hydrogen-bond donors (Lipinski definition) is 1. The zero-order chi connectivity index (χ0) is 15.9. The molecular formula is C14H19FN2O3S. The number of sulfonamides is 1. The van der Waals surface area contributed by atoms with E-state index < -0.39 is 15.8 Å². The molecule has 0 saturated carbocycles. The molecule has 0 bridgehead atoms. The first kappa shape index (κ1) is 17.6. The highest BCUT2D eigenvalue weighted by atomic mass is 32.2. The first-order valence-electron chi connectivity index (χ1n) is 6.46. The molecule has 7 heteroatoms. The molecule has 21 heavy (non-hydrogen) atoms. The Morgan fingerprint density at radius 3 is 2.71 bits per heavy atom. The van der Waals surface area contributed by atoms with Gasteiger partial charge in [-0.25, -0.2) is 12.8 Å². The van der Waals surface area contributed by atoms with Crippen LogP contribution in [0, 0.1) is 17.7 Å². The van der Waals surface area contributed by atoms with Crippen LogP contribution < -0.4 is 5.73 Å².